The third-order valence-corrected chi connectivity index (χ3v) is 6.53. The van der Waals surface area contributed by atoms with Crippen molar-refractivity contribution in [2.24, 2.45) is 0 Å². The van der Waals surface area contributed by atoms with Crippen molar-refractivity contribution in [3.63, 3.8) is 0 Å². The molecule has 2 aromatic heterocycles. The van der Waals surface area contributed by atoms with Crippen LogP contribution in [0.1, 0.15) is 38.0 Å². The fourth-order valence-electron chi connectivity index (χ4n) is 4.62. The zero-order chi connectivity index (χ0) is 24.0. The number of aromatic amines is 2. The molecule has 4 N–H and O–H groups in total. The van der Waals surface area contributed by atoms with E-state index in [9.17, 15) is 14.7 Å². The second-order valence-corrected chi connectivity index (χ2v) is 9.05. The molecule has 8 heteroatoms. The molecule has 1 atom stereocenters. The van der Waals surface area contributed by atoms with Crippen LogP contribution >= 0.6 is 0 Å². The summed E-state index contributed by atoms with van der Waals surface area (Å²) in [6.07, 6.45) is 0.833. The van der Waals surface area contributed by atoms with Gasteiger partial charge in [-0.25, -0.2) is 4.98 Å². The fourth-order valence-corrected chi connectivity index (χ4v) is 4.62. The van der Waals surface area contributed by atoms with Crippen molar-refractivity contribution in [1.82, 2.24) is 15.0 Å². The predicted octanol–water partition coefficient (Wildman–Crippen LogP) is 3.71. The Morgan fingerprint density at radius 3 is 2.65 bits per heavy atom. The van der Waals surface area contributed by atoms with Gasteiger partial charge < -0.3 is 25.3 Å². The molecule has 1 amide bonds. The molecular weight excluding hydrogens is 430 g/mol. The number of hydrogen-bond acceptors (Lipinski definition) is 5. The van der Waals surface area contributed by atoms with Crippen LogP contribution in [0.15, 0.2) is 59.5 Å². The van der Waals surface area contributed by atoms with Crippen LogP contribution in [0.3, 0.4) is 0 Å². The molecular formula is C26H27N5O3. The number of hydrogen-bond donors (Lipinski definition) is 4. The molecule has 0 saturated heterocycles. The molecule has 2 aromatic carbocycles. The molecule has 0 bridgehead atoms. The van der Waals surface area contributed by atoms with E-state index in [0.29, 0.717) is 29.1 Å². The number of pyridine rings is 1. The summed E-state index contributed by atoms with van der Waals surface area (Å²) in [6.45, 7) is 6.61. The molecule has 1 aliphatic rings. The predicted molar refractivity (Wildman–Crippen MR) is 133 cm³/mol. The van der Waals surface area contributed by atoms with Crippen LogP contribution in [-0.4, -0.2) is 39.1 Å². The lowest BCUT2D eigenvalue weighted by Gasteiger charge is -2.18. The second kappa shape index (κ2) is 8.14. The lowest BCUT2D eigenvalue weighted by atomic mass is 9.86. The number of H-pyrrole nitrogens is 2. The Morgan fingerprint density at radius 1 is 1.15 bits per heavy atom. The second-order valence-electron chi connectivity index (χ2n) is 9.05. The van der Waals surface area contributed by atoms with Gasteiger partial charge in [-0.05, 0) is 50.1 Å². The van der Waals surface area contributed by atoms with Crippen LogP contribution in [0, 0.1) is 0 Å². The quantitative estimate of drug-likeness (QED) is 0.352. The highest BCUT2D eigenvalue weighted by molar-refractivity contribution is 6.09. The SMILES string of the molecule is CCN1C(=O)C(C)(C)c2cc3[nH]c(-c4c(NC[C@H](O)c5ccccc5)cc[nH]c4=O)nc3cc21. The molecule has 0 saturated carbocycles. The first-order valence-corrected chi connectivity index (χ1v) is 11.4. The Bertz CT molecular complexity index is 1440. The minimum Gasteiger partial charge on any atom is -0.387 e. The zero-order valence-corrected chi connectivity index (χ0v) is 19.3. The molecule has 8 nitrogen and oxygen atoms in total. The summed E-state index contributed by atoms with van der Waals surface area (Å²) < 4.78 is 0. The first-order valence-electron chi connectivity index (χ1n) is 11.4. The van der Waals surface area contributed by atoms with Crippen LogP contribution in [0.5, 0.6) is 0 Å². The Hall–Kier alpha value is -3.91. The van der Waals surface area contributed by atoms with Crippen LogP contribution < -0.4 is 15.8 Å². The molecule has 1 aliphatic heterocycles. The maximum Gasteiger partial charge on any atom is 0.261 e. The van der Waals surface area contributed by atoms with E-state index in [0.717, 1.165) is 22.3 Å². The van der Waals surface area contributed by atoms with E-state index in [1.807, 2.05) is 63.2 Å². The summed E-state index contributed by atoms with van der Waals surface area (Å²) in [5.74, 6) is 0.491. The maximum atomic E-state index is 12.8. The number of anilines is 2. The standard InChI is InChI=1S/C26H27N5O3/c1-4-31-20-13-19-18(12-16(20)26(2,3)25(31)34)29-23(30-19)22-17(10-11-27-24(22)33)28-14-21(32)15-8-6-5-7-9-15/h5-13,21,32H,4,14H2,1-3H3,(H,29,30)(H2,27,28,33)/t21-/m0/s1. The van der Waals surface area contributed by atoms with Crippen molar-refractivity contribution in [3.05, 3.63) is 76.2 Å². The number of carbonyl (C=O) groups excluding carboxylic acids is 1. The van der Waals surface area contributed by atoms with Gasteiger partial charge in [-0.1, -0.05) is 30.3 Å². The maximum absolute atomic E-state index is 12.8. The van der Waals surface area contributed by atoms with Gasteiger partial charge in [0.15, 0.2) is 0 Å². The summed E-state index contributed by atoms with van der Waals surface area (Å²) in [6, 6.07) is 15.0. The van der Waals surface area contributed by atoms with Crippen LogP contribution in [-0.2, 0) is 10.2 Å². The molecule has 34 heavy (non-hydrogen) atoms. The summed E-state index contributed by atoms with van der Waals surface area (Å²) >= 11 is 0. The number of aliphatic hydroxyl groups is 1. The molecule has 0 spiro atoms. The average Bonchev–Trinajstić information content (AvgIpc) is 3.32. The van der Waals surface area contributed by atoms with E-state index in [4.69, 9.17) is 4.98 Å². The largest absolute Gasteiger partial charge is 0.387 e. The van der Waals surface area contributed by atoms with Crippen LogP contribution in [0.25, 0.3) is 22.4 Å². The monoisotopic (exact) mass is 457 g/mol. The Labute approximate surface area is 196 Å². The number of benzene rings is 2. The van der Waals surface area contributed by atoms with E-state index in [1.54, 1.807) is 17.2 Å². The first kappa shape index (κ1) is 21.9. The number of nitrogens with one attached hydrogen (secondary N) is 3. The number of nitrogens with zero attached hydrogens (tertiary/aromatic N) is 2. The van der Waals surface area contributed by atoms with Gasteiger partial charge in [0, 0.05) is 19.3 Å². The van der Waals surface area contributed by atoms with Gasteiger partial charge in [0.1, 0.15) is 11.4 Å². The van der Waals surface area contributed by atoms with Gasteiger partial charge >= 0.3 is 0 Å². The van der Waals surface area contributed by atoms with Crippen LogP contribution in [0.4, 0.5) is 11.4 Å². The van der Waals surface area contributed by atoms with Crippen molar-refractivity contribution in [2.45, 2.75) is 32.3 Å². The minimum absolute atomic E-state index is 0.0702. The number of carbonyl (C=O) groups is 1. The molecule has 0 radical (unpaired) electrons. The lowest BCUT2D eigenvalue weighted by Crippen LogP contribution is -2.35. The molecule has 0 fully saturated rings. The van der Waals surface area contributed by atoms with E-state index in [2.05, 4.69) is 15.3 Å². The minimum atomic E-state index is -0.730. The summed E-state index contributed by atoms with van der Waals surface area (Å²) in [5.41, 5.74) is 4.02. The number of imidazole rings is 1. The van der Waals surface area contributed by atoms with Gasteiger partial charge in [0.05, 0.1) is 33.9 Å². The number of aromatic nitrogens is 3. The van der Waals surface area contributed by atoms with E-state index in [-0.39, 0.29) is 18.0 Å². The Kier molecular flexibility index (Phi) is 5.25. The van der Waals surface area contributed by atoms with E-state index in [1.165, 1.54) is 0 Å². The van der Waals surface area contributed by atoms with Crippen molar-refractivity contribution >= 4 is 28.3 Å². The van der Waals surface area contributed by atoms with E-state index >= 15 is 0 Å². The molecule has 0 unspecified atom stereocenters. The molecule has 0 aliphatic carbocycles. The number of aliphatic hydroxyl groups excluding tert-OH is 1. The van der Waals surface area contributed by atoms with Crippen molar-refractivity contribution in [2.75, 3.05) is 23.3 Å². The third-order valence-electron chi connectivity index (χ3n) is 6.53. The fraction of sp³-hybridized carbons (Fsp3) is 0.269. The van der Waals surface area contributed by atoms with Gasteiger partial charge in [-0.3, -0.25) is 9.59 Å². The van der Waals surface area contributed by atoms with Gasteiger partial charge in [0.25, 0.3) is 5.56 Å². The number of rotatable bonds is 6. The average molecular weight is 458 g/mol. The highest BCUT2D eigenvalue weighted by atomic mass is 16.3. The zero-order valence-electron chi connectivity index (χ0n) is 19.3. The van der Waals surface area contributed by atoms with Crippen LogP contribution in [0.2, 0.25) is 0 Å². The smallest absolute Gasteiger partial charge is 0.261 e. The van der Waals surface area contributed by atoms with Crippen molar-refractivity contribution in [3.8, 4) is 11.4 Å². The van der Waals surface area contributed by atoms with Gasteiger partial charge in [0.2, 0.25) is 5.91 Å². The number of amides is 1. The molecule has 3 heterocycles. The lowest BCUT2D eigenvalue weighted by molar-refractivity contribution is -0.122. The summed E-state index contributed by atoms with van der Waals surface area (Å²) in [7, 11) is 0. The summed E-state index contributed by atoms with van der Waals surface area (Å²) in [5, 5.41) is 13.7. The highest BCUT2D eigenvalue weighted by Gasteiger charge is 2.43. The first-order chi connectivity index (χ1) is 16.3. The van der Waals surface area contributed by atoms with Crippen molar-refractivity contribution < 1.29 is 9.90 Å². The summed E-state index contributed by atoms with van der Waals surface area (Å²) in [4.78, 5) is 38.1. The highest BCUT2D eigenvalue weighted by Crippen LogP contribution is 2.43. The number of fused-ring (bicyclic) bond motifs is 2. The Morgan fingerprint density at radius 2 is 1.91 bits per heavy atom. The van der Waals surface area contributed by atoms with Gasteiger partial charge in [-0.2, -0.15) is 0 Å². The topological polar surface area (TPSA) is 114 Å². The Balaban J connectivity index is 1.52. The third kappa shape index (κ3) is 3.47. The van der Waals surface area contributed by atoms with Gasteiger partial charge in [-0.15, -0.1) is 0 Å². The van der Waals surface area contributed by atoms with Crippen molar-refractivity contribution in [1.29, 1.82) is 0 Å². The number of likely N-dealkylation sites (N-methyl/N-ethyl adjacent to an activating group) is 1. The molecule has 174 valence electrons. The molecule has 5 rings (SSSR count). The molecule has 4 aromatic rings. The van der Waals surface area contributed by atoms with E-state index < -0.39 is 11.5 Å². The normalized spacial score (nSPS) is 15.5.